The zero-order chi connectivity index (χ0) is 22.3. The molecule has 2 atom stereocenters. The lowest BCUT2D eigenvalue weighted by Crippen LogP contribution is -2.43. The first-order valence-electron chi connectivity index (χ1n) is 12.3. The van der Waals surface area contributed by atoms with Gasteiger partial charge in [0.1, 0.15) is 0 Å². The van der Waals surface area contributed by atoms with Crippen molar-refractivity contribution in [2.24, 2.45) is 5.41 Å². The lowest BCUT2D eigenvalue weighted by molar-refractivity contribution is -0.137. The van der Waals surface area contributed by atoms with Crippen LogP contribution < -0.4 is 4.90 Å². The fraction of sp³-hybridized carbons (Fsp3) is 0.692. The highest BCUT2D eigenvalue weighted by molar-refractivity contribution is 5.94. The van der Waals surface area contributed by atoms with Gasteiger partial charge in [0.15, 0.2) is 0 Å². The molecule has 1 aromatic carbocycles. The molecule has 1 aliphatic carbocycles. The highest BCUT2D eigenvalue weighted by atomic mass is 16.4. The molecule has 1 heterocycles. The van der Waals surface area contributed by atoms with E-state index >= 15 is 0 Å². The van der Waals surface area contributed by atoms with Crippen LogP contribution in [0.5, 0.6) is 0 Å². The molecular weight excluding hydrogens is 390 g/mol. The molecule has 5 nitrogen and oxygen atoms in total. The number of benzene rings is 1. The second-order valence-electron chi connectivity index (χ2n) is 9.62. The molecule has 2 fully saturated rings. The molecule has 1 saturated heterocycles. The van der Waals surface area contributed by atoms with Gasteiger partial charge >= 0.3 is 5.97 Å². The van der Waals surface area contributed by atoms with Gasteiger partial charge < -0.3 is 15.1 Å². The van der Waals surface area contributed by atoms with Crippen LogP contribution in [0.15, 0.2) is 24.3 Å². The largest absolute Gasteiger partial charge is 0.481 e. The molecule has 172 valence electrons. The number of carbonyl (C=O) groups excluding carboxylic acids is 1. The predicted molar refractivity (Wildman–Crippen MR) is 123 cm³/mol. The van der Waals surface area contributed by atoms with E-state index in [-0.39, 0.29) is 23.8 Å². The SMILES string of the molecule is CCCC1(C(O)c2ccc(N3C(=O)CCCC3CCCCCCC(=O)O)cc2)CCC1. The van der Waals surface area contributed by atoms with Gasteiger partial charge in [0.25, 0.3) is 0 Å². The normalized spacial score (nSPS) is 21.5. The molecule has 1 saturated carbocycles. The highest BCUT2D eigenvalue weighted by Gasteiger charge is 2.43. The Labute approximate surface area is 186 Å². The summed E-state index contributed by atoms with van der Waals surface area (Å²) in [4.78, 5) is 25.3. The first-order valence-corrected chi connectivity index (χ1v) is 12.3. The van der Waals surface area contributed by atoms with Gasteiger partial charge in [-0.2, -0.15) is 0 Å². The molecule has 0 aromatic heterocycles. The van der Waals surface area contributed by atoms with Crippen LogP contribution in [0.4, 0.5) is 5.69 Å². The molecular formula is C26H39NO4. The minimum atomic E-state index is -0.726. The molecule has 0 spiro atoms. The standard InChI is InChI=1S/C26H39NO4/c1-2-17-26(18-8-19-26)25(31)20-13-15-22(16-14-20)27-21(10-7-11-23(27)28)9-5-3-4-6-12-24(29)30/h13-16,21,25,31H,2-12,17-19H2,1H3,(H,29,30). The summed E-state index contributed by atoms with van der Waals surface area (Å²) >= 11 is 0. The number of unbranched alkanes of at least 4 members (excludes halogenated alkanes) is 3. The summed E-state index contributed by atoms with van der Waals surface area (Å²) in [6.45, 7) is 2.18. The van der Waals surface area contributed by atoms with Gasteiger partial charge in [-0.15, -0.1) is 0 Å². The number of aliphatic hydroxyl groups is 1. The number of anilines is 1. The third kappa shape index (κ3) is 5.88. The van der Waals surface area contributed by atoms with Crippen LogP contribution in [0.1, 0.15) is 108 Å². The Bertz CT molecular complexity index is 725. The van der Waals surface area contributed by atoms with Crippen molar-refractivity contribution < 1.29 is 19.8 Å². The average Bonchev–Trinajstić information content (AvgIpc) is 2.73. The van der Waals surface area contributed by atoms with Gasteiger partial charge in [-0.1, -0.05) is 51.2 Å². The molecule has 3 rings (SSSR count). The van der Waals surface area contributed by atoms with Crippen LogP contribution in [0.3, 0.4) is 0 Å². The number of hydrogen-bond acceptors (Lipinski definition) is 3. The van der Waals surface area contributed by atoms with Gasteiger partial charge in [-0.25, -0.2) is 0 Å². The molecule has 1 aliphatic heterocycles. The Balaban J connectivity index is 1.60. The van der Waals surface area contributed by atoms with Crippen LogP contribution in [-0.2, 0) is 9.59 Å². The highest BCUT2D eigenvalue weighted by Crippen LogP contribution is 2.53. The Hall–Kier alpha value is -1.88. The van der Waals surface area contributed by atoms with Gasteiger partial charge in [0.2, 0.25) is 5.91 Å². The minimum Gasteiger partial charge on any atom is -0.481 e. The van der Waals surface area contributed by atoms with Crippen molar-refractivity contribution in [3.05, 3.63) is 29.8 Å². The summed E-state index contributed by atoms with van der Waals surface area (Å²) in [6, 6.07) is 8.27. The lowest BCUT2D eigenvalue weighted by atomic mass is 9.61. The van der Waals surface area contributed by atoms with E-state index in [1.165, 1.54) is 6.42 Å². The van der Waals surface area contributed by atoms with Crippen LogP contribution in [-0.4, -0.2) is 28.1 Å². The maximum absolute atomic E-state index is 12.7. The van der Waals surface area contributed by atoms with Crippen LogP contribution in [0.2, 0.25) is 0 Å². The Morgan fingerprint density at radius 3 is 2.45 bits per heavy atom. The molecule has 1 aromatic rings. The minimum absolute atomic E-state index is 0.0420. The quantitative estimate of drug-likeness (QED) is 0.399. The number of hydrogen-bond donors (Lipinski definition) is 2. The fourth-order valence-electron chi connectivity index (χ4n) is 5.54. The van der Waals surface area contributed by atoms with Crippen LogP contribution in [0.25, 0.3) is 0 Å². The maximum atomic E-state index is 12.7. The fourth-order valence-corrected chi connectivity index (χ4v) is 5.54. The predicted octanol–water partition coefficient (Wildman–Crippen LogP) is 6.00. The van der Waals surface area contributed by atoms with Gasteiger partial charge in [-0.3, -0.25) is 9.59 Å². The van der Waals surface area contributed by atoms with Crippen molar-refractivity contribution in [1.82, 2.24) is 0 Å². The Kier molecular flexibility index (Phi) is 8.53. The molecule has 5 heteroatoms. The topological polar surface area (TPSA) is 77.8 Å². The molecule has 2 N–H and O–H groups in total. The number of nitrogens with zero attached hydrogens (tertiary/aromatic N) is 1. The third-order valence-corrected chi connectivity index (χ3v) is 7.40. The van der Waals surface area contributed by atoms with Crippen molar-refractivity contribution in [3.8, 4) is 0 Å². The summed E-state index contributed by atoms with van der Waals surface area (Å²) in [7, 11) is 0. The van der Waals surface area contributed by atoms with Crippen molar-refractivity contribution >= 4 is 17.6 Å². The number of piperidine rings is 1. The molecule has 1 amide bonds. The van der Waals surface area contributed by atoms with Gasteiger partial charge in [0, 0.05) is 30.0 Å². The number of rotatable bonds is 12. The summed E-state index contributed by atoms with van der Waals surface area (Å²) in [5.41, 5.74) is 1.95. The summed E-state index contributed by atoms with van der Waals surface area (Å²) in [6.07, 6.45) is 12.6. The first kappa shape index (κ1) is 23.8. The van der Waals surface area contributed by atoms with E-state index in [1.807, 2.05) is 29.2 Å². The van der Waals surface area contributed by atoms with E-state index in [9.17, 15) is 14.7 Å². The molecule has 31 heavy (non-hydrogen) atoms. The van der Waals surface area contributed by atoms with Gasteiger partial charge in [-0.05, 0) is 62.6 Å². The second kappa shape index (κ2) is 11.1. The van der Waals surface area contributed by atoms with Crippen LogP contribution >= 0.6 is 0 Å². The zero-order valence-corrected chi connectivity index (χ0v) is 19.0. The Morgan fingerprint density at radius 2 is 1.84 bits per heavy atom. The summed E-state index contributed by atoms with van der Waals surface area (Å²) in [5, 5.41) is 19.8. The van der Waals surface area contributed by atoms with E-state index in [0.717, 1.165) is 81.9 Å². The number of carboxylic acids is 1. The van der Waals surface area contributed by atoms with Crippen molar-refractivity contribution in [3.63, 3.8) is 0 Å². The summed E-state index contributed by atoms with van der Waals surface area (Å²) < 4.78 is 0. The van der Waals surface area contributed by atoms with E-state index in [2.05, 4.69) is 6.92 Å². The third-order valence-electron chi connectivity index (χ3n) is 7.40. The smallest absolute Gasteiger partial charge is 0.303 e. The second-order valence-corrected chi connectivity index (χ2v) is 9.62. The van der Waals surface area contributed by atoms with Crippen molar-refractivity contribution in [2.45, 2.75) is 109 Å². The Morgan fingerprint density at radius 1 is 1.13 bits per heavy atom. The van der Waals surface area contributed by atoms with E-state index in [0.29, 0.717) is 6.42 Å². The molecule has 0 bridgehead atoms. The number of aliphatic hydroxyl groups excluding tert-OH is 1. The van der Waals surface area contributed by atoms with E-state index in [4.69, 9.17) is 5.11 Å². The van der Waals surface area contributed by atoms with E-state index in [1.54, 1.807) is 0 Å². The van der Waals surface area contributed by atoms with Crippen LogP contribution in [0, 0.1) is 5.41 Å². The monoisotopic (exact) mass is 429 g/mol. The number of carboxylic acid groups (broad SMARTS) is 1. The molecule has 2 unspecified atom stereocenters. The van der Waals surface area contributed by atoms with Crippen molar-refractivity contribution in [1.29, 1.82) is 0 Å². The summed E-state index contributed by atoms with van der Waals surface area (Å²) in [5.74, 6) is -0.535. The number of amides is 1. The zero-order valence-electron chi connectivity index (χ0n) is 19.0. The number of carbonyl (C=O) groups is 2. The lowest BCUT2D eigenvalue weighted by Gasteiger charge is -2.46. The number of aliphatic carboxylic acids is 1. The molecule has 0 radical (unpaired) electrons. The van der Waals surface area contributed by atoms with Gasteiger partial charge in [0.05, 0.1) is 6.10 Å². The maximum Gasteiger partial charge on any atom is 0.303 e. The molecule has 2 aliphatic rings. The average molecular weight is 430 g/mol. The first-order chi connectivity index (χ1) is 15.0. The van der Waals surface area contributed by atoms with E-state index < -0.39 is 12.1 Å². The van der Waals surface area contributed by atoms with Crippen molar-refractivity contribution in [2.75, 3.05) is 4.90 Å².